The molecule has 1 aromatic heterocycles. The van der Waals surface area contributed by atoms with Gasteiger partial charge in [0.1, 0.15) is 5.69 Å². The molecule has 5 rings (SSSR count). The van der Waals surface area contributed by atoms with Gasteiger partial charge >= 0.3 is 6.18 Å². The van der Waals surface area contributed by atoms with Crippen molar-refractivity contribution in [3.8, 4) is 23.0 Å². The van der Waals surface area contributed by atoms with Gasteiger partial charge in [0.25, 0.3) is 0 Å². The van der Waals surface area contributed by atoms with Crippen molar-refractivity contribution in [2.75, 3.05) is 18.9 Å². The lowest BCUT2D eigenvalue weighted by atomic mass is 10.2. The number of rotatable bonds is 2. The first-order chi connectivity index (χ1) is 12.5. The molecular weight excluding hydrogens is 353 g/mol. The third kappa shape index (κ3) is 2.27. The molecule has 2 aliphatic rings. The number of hydrogen-bond acceptors (Lipinski definition) is 5. The van der Waals surface area contributed by atoms with Crippen molar-refractivity contribution in [1.82, 2.24) is 4.98 Å². The first-order valence-corrected chi connectivity index (χ1v) is 7.68. The van der Waals surface area contributed by atoms with E-state index in [1.165, 1.54) is 12.1 Å². The Morgan fingerprint density at radius 2 is 1.50 bits per heavy atom. The number of ether oxygens (including phenoxy) is 4. The monoisotopic (exact) mass is 364 g/mol. The summed E-state index contributed by atoms with van der Waals surface area (Å²) in [5.41, 5.74) is -0.235. The van der Waals surface area contributed by atoms with Crippen LogP contribution < -0.4 is 24.3 Å². The summed E-state index contributed by atoms with van der Waals surface area (Å²) < 4.78 is 61.6. The zero-order chi connectivity index (χ0) is 17.9. The smallest absolute Gasteiger partial charge is 0.433 e. The average Bonchev–Trinajstić information content (AvgIpc) is 3.30. The molecule has 26 heavy (non-hydrogen) atoms. The Labute approximate surface area is 144 Å². The summed E-state index contributed by atoms with van der Waals surface area (Å²) in [6.45, 7) is 0.127. The molecule has 0 unspecified atom stereocenters. The maximum atomic E-state index is 13.5. The molecule has 3 aromatic rings. The third-order valence-electron chi connectivity index (χ3n) is 4.22. The van der Waals surface area contributed by atoms with E-state index in [2.05, 4.69) is 10.3 Å². The van der Waals surface area contributed by atoms with Gasteiger partial charge in [-0.3, -0.25) is 0 Å². The van der Waals surface area contributed by atoms with Crippen LogP contribution in [0.2, 0.25) is 0 Å². The molecule has 2 aliphatic heterocycles. The summed E-state index contributed by atoms with van der Waals surface area (Å²) in [5.74, 6) is 1.83. The van der Waals surface area contributed by atoms with Crippen molar-refractivity contribution >= 4 is 22.3 Å². The van der Waals surface area contributed by atoms with Gasteiger partial charge in [0, 0.05) is 23.2 Å². The minimum Gasteiger partial charge on any atom is -0.454 e. The molecule has 2 aromatic carbocycles. The SMILES string of the molecule is FC(F)(F)c1[nH]c2cc3c(cc2c1Nc1ccc2c(c1)OCO2)OCO3. The van der Waals surface area contributed by atoms with Crippen LogP contribution >= 0.6 is 0 Å². The van der Waals surface area contributed by atoms with Gasteiger partial charge in [-0.25, -0.2) is 0 Å². The van der Waals surface area contributed by atoms with E-state index in [9.17, 15) is 13.2 Å². The molecule has 0 bridgehead atoms. The Bertz CT molecular complexity index is 1030. The number of H-pyrrole nitrogens is 1. The molecule has 3 heterocycles. The second kappa shape index (κ2) is 5.13. The van der Waals surface area contributed by atoms with Crippen LogP contribution in [0.5, 0.6) is 23.0 Å². The van der Waals surface area contributed by atoms with Gasteiger partial charge in [-0.15, -0.1) is 0 Å². The summed E-state index contributed by atoms with van der Waals surface area (Å²) in [7, 11) is 0. The van der Waals surface area contributed by atoms with Crippen molar-refractivity contribution in [3.05, 3.63) is 36.0 Å². The highest BCUT2D eigenvalue weighted by atomic mass is 19.4. The van der Waals surface area contributed by atoms with Crippen LogP contribution in [0, 0.1) is 0 Å². The lowest BCUT2D eigenvalue weighted by Gasteiger charge is -2.11. The van der Waals surface area contributed by atoms with Crippen molar-refractivity contribution in [2.45, 2.75) is 6.18 Å². The van der Waals surface area contributed by atoms with Gasteiger partial charge in [0.2, 0.25) is 13.6 Å². The first-order valence-electron chi connectivity index (χ1n) is 7.68. The molecule has 9 heteroatoms. The van der Waals surface area contributed by atoms with Crippen molar-refractivity contribution < 1.29 is 32.1 Å². The molecule has 0 atom stereocenters. The van der Waals surface area contributed by atoms with Crippen molar-refractivity contribution in [2.24, 2.45) is 0 Å². The highest BCUT2D eigenvalue weighted by Crippen LogP contribution is 2.45. The summed E-state index contributed by atoms with van der Waals surface area (Å²) in [6, 6.07) is 7.88. The van der Waals surface area contributed by atoms with Gasteiger partial charge in [0.05, 0.1) is 11.2 Å². The lowest BCUT2D eigenvalue weighted by Crippen LogP contribution is -2.08. The van der Waals surface area contributed by atoms with Gasteiger partial charge in [-0.1, -0.05) is 0 Å². The molecule has 0 amide bonds. The normalized spacial score (nSPS) is 14.9. The van der Waals surface area contributed by atoms with Crippen LogP contribution in [0.4, 0.5) is 24.5 Å². The second-order valence-corrected chi connectivity index (χ2v) is 5.82. The van der Waals surface area contributed by atoms with E-state index >= 15 is 0 Å². The Morgan fingerprint density at radius 3 is 2.23 bits per heavy atom. The van der Waals surface area contributed by atoms with Crippen molar-refractivity contribution in [3.63, 3.8) is 0 Å². The zero-order valence-corrected chi connectivity index (χ0v) is 13.1. The van der Waals surface area contributed by atoms with Gasteiger partial charge < -0.3 is 29.2 Å². The maximum Gasteiger partial charge on any atom is 0.433 e. The van der Waals surface area contributed by atoms with E-state index in [1.807, 2.05) is 0 Å². The fraction of sp³-hybridized carbons (Fsp3) is 0.176. The fourth-order valence-corrected chi connectivity index (χ4v) is 3.05. The second-order valence-electron chi connectivity index (χ2n) is 5.82. The van der Waals surface area contributed by atoms with E-state index < -0.39 is 11.9 Å². The highest BCUT2D eigenvalue weighted by molar-refractivity contribution is 5.98. The third-order valence-corrected chi connectivity index (χ3v) is 4.22. The molecule has 2 N–H and O–H groups in total. The number of alkyl halides is 3. The number of aromatic nitrogens is 1. The largest absolute Gasteiger partial charge is 0.454 e. The Balaban J connectivity index is 1.65. The standard InChI is InChI=1S/C17H11F3N2O4/c18-17(19,20)16-15(21-8-1-2-11-12(3-8)24-6-23-11)9-4-13-14(26-7-25-13)5-10(9)22-16/h1-5,21-22H,6-7H2. The van der Waals surface area contributed by atoms with E-state index in [-0.39, 0.29) is 19.3 Å². The number of benzene rings is 2. The van der Waals surface area contributed by atoms with E-state index in [1.54, 1.807) is 18.2 Å². The Kier molecular flexibility index (Phi) is 2.97. The molecule has 0 fully saturated rings. The molecule has 0 spiro atoms. The Morgan fingerprint density at radius 1 is 0.846 bits per heavy atom. The summed E-state index contributed by atoms with van der Waals surface area (Å²) in [5, 5.41) is 3.19. The van der Waals surface area contributed by atoms with Gasteiger partial charge in [0.15, 0.2) is 23.0 Å². The first kappa shape index (κ1) is 15.1. The zero-order valence-electron chi connectivity index (χ0n) is 13.1. The molecule has 0 radical (unpaired) electrons. The molecule has 0 saturated carbocycles. The van der Waals surface area contributed by atoms with Crippen LogP contribution in [0.3, 0.4) is 0 Å². The average molecular weight is 364 g/mol. The van der Waals surface area contributed by atoms with E-state index in [0.29, 0.717) is 39.6 Å². The van der Waals surface area contributed by atoms with Crippen LogP contribution in [0.1, 0.15) is 5.69 Å². The number of fused-ring (bicyclic) bond motifs is 3. The van der Waals surface area contributed by atoms with Crippen molar-refractivity contribution in [1.29, 1.82) is 0 Å². The number of hydrogen-bond donors (Lipinski definition) is 2. The fourth-order valence-electron chi connectivity index (χ4n) is 3.05. The Hall–Kier alpha value is -3.23. The van der Waals surface area contributed by atoms with Crippen LogP contribution in [-0.4, -0.2) is 18.6 Å². The van der Waals surface area contributed by atoms with Crippen LogP contribution in [0.25, 0.3) is 10.9 Å². The number of halogens is 3. The molecular formula is C17H11F3N2O4. The molecule has 6 nitrogen and oxygen atoms in total. The number of nitrogens with one attached hydrogen (secondary N) is 2. The predicted molar refractivity (Wildman–Crippen MR) is 85.3 cm³/mol. The molecule has 0 saturated heterocycles. The number of anilines is 2. The van der Waals surface area contributed by atoms with Gasteiger partial charge in [-0.2, -0.15) is 13.2 Å². The number of aromatic amines is 1. The maximum absolute atomic E-state index is 13.5. The highest BCUT2D eigenvalue weighted by Gasteiger charge is 2.37. The topological polar surface area (TPSA) is 64.7 Å². The van der Waals surface area contributed by atoms with E-state index in [0.717, 1.165) is 0 Å². The molecule has 134 valence electrons. The van der Waals surface area contributed by atoms with Crippen LogP contribution in [-0.2, 0) is 6.18 Å². The quantitative estimate of drug-likeness (QED) is 0.706. The summed E-state index contributed by atoms with van der Waals surface area (Å²) in [6.07, 6.45) is -4.57. The van der Waals surface area contributed by atoms with Crippen LogP contribution in [0.15, 0.2) is 30.3 Å². The lowest BCUT2D eigenvalue weighted by molar-refractivity contribution is -0.140. The minimum atomic E-state index is -4.57. The molecule has 0 aliphatic carbocycles. The summed E-state index contributed by atoms with van der Waals surface area (Å²) in [4.78, 5) is 2.43. The van der Waals surface area contributed by atoms with Gasteiger partial charge in [-0.05, 0) is 18.2 Å². The minimum absolute atomic E-state index is 0.0407. The summed E-state index contributed by atoms with van der Waals surface area (Å²) >= 11 is 0. The predicted octanol–water partition coefficient (Wildman–Crippen LogP) is 4.39. The van der Waals surface area contributed by atoms with E-state index in [4.69, 9.17) is 18.9 Å².